The van der Waals surface area contributed by atoms with Gasteiger partial charge < -0.3 is 30.4 Å². The summed E-state index contributed by atoms with van der Waals surface area (Å²) in [6, 6.07) is 22.2. The Kier molecular flexibility index (Phi) is 17.8. The molecule has 3 aromatic carbocycles. The number of hydrogen-bond acceptors (Lipinski definition) is 10. The summed E-state index contributed by atoms with van der Waals surface area (Å²) in [7, 11) is 0. The Bertz CT molecular complexity index is 2410. The fraction of sp³-hybridized carbons (Fsp3) is 0.431. The first-order valence-electron chi connectivity index (χ1n) is 22.9. The number of carbonyl (C=O) groups excluding carboxylic acids is 4. The fourth-order valence-electron chi connectivity index (χ4n) is 8.08. The second-order valence-electron chi connectivity index (χ2n) is 18.1. The molecule has 6 N–H and O–H groups in total. The molecule has 1 aliphatic heterocycles. The molecule has 0 aliphatic carbocycles. The number of nitrogens with zero attached hydrogens (tertiary/aromatic N) is 3. The van der Waals surface area contributed by atoms with Crippen LogP contribution in [0.1, 0.15) is 87.9 Å². The Morgan fingerprint density at radius 1 is 1.02 bits per heavy atom. The lowest BCUT2D eigenvalue weighted by Crippen LogP contribution is -2.58. The van der Waals surface area contributed by atoms with Gasteiger partial charge in [-0.3, -0.25) is 29.5 Å². The van der Waals surface area contributed by atoms with E-state index in [-0.39, 0.29) is 49.8 Å². The molecule has 14 nitrogen and oxygen atoms in total. The van der Waals surface area contributed by atoms with Gasteiger partial charge in [0.15, 0.2) is 0 Å². The summed E-state index contributed by atoms with van der Waals surface area (Å²) in [5.41, 5.74) is 14.0. The molecule has 0 spiro atoms. The van der Waals surface area contributed by atoms with Crippen LogP contribution in [0.2, 0.25) is 0 Å². The molecular formula is C51H66N8O6S. The summed E-state index contributed by atoms with van der Waals surface area (Å²) in [6.45, 7) is 14.8. The van der Waals surface area contributed by atoms with Crippen molar-refractivity contribution in [2.24, 2.45) is 5.41 Å². The van der Waals surface area contributed by atoms with Gasteiger partial charge in [0.2, 0.25) is 17.7 Å². The van der Waals surface area contributed by atoms with Crippen LogP contribution in [0.25, 0.3) is 27.4 Å². The van der Waals surface area contributed by atoms with Crippen LogP contribution in [-0.4, -0.2) is 106 Å². The molecule has 0 radical (unpaired) electrons. The number of aliphatic hydroxyl groups excluding tert-OH is 1. The predicted octanol–water partition coefficient (Wildman–Crippen LogP) is 6.47. The minimum absolute atomic E-state index is 0.00636. The first-order chi connectivity index (χ1) is 31.7. The van der Waals surface area contributed by atoms with Crippen molar-refractivity contribution < 1.29 is 29.0 Å². The quantitative estimate of drug-likeness (QED) is 0.0258. The van der Waals surface area contributed by atoms with Crippen molar-refractivity contribution >= 4 is 51.9 Å². The zero-order valence-corrected chi connectivity index (χ0v) is 39.9. The number of fused-ring (bicyclic) bond motifs is 1. The van der Waals surface area contributed by atoms with Gasteiger partial charge in [0.1, 0.15) is 12.1 Å². The predicted molar refractivity (Wildman–Crippen MR) is 261 cm³/mol. The maximum atomic E-state index is 14.2. The molecule has 5 aromatic rings. The number of aryl methyl sites for hydroxylation is 1. The van der Waals surface area contributed by atoms with Crippen molar-refractivity contribution in [1.29, 1.82) is 0 Å². The minimum Gasteiger partial charge on any atom is -0.391 e. The second kappa shape index (κ2) is 23.7. The number of carbonyl (C=O) groups is 4. The molecule has 3 heterocycles. The Morgan fingerprint density at radius 3 is 2.48 bits per heavy atom. The van der Waals surface area contributed by atoms with Crippen molar-refractivity contribution in [3.63, 3.8) is 0 Å². The highest BCUT2D eigenvalue weighted by Crippen LogP contribution is 2.30. The summed E-state index contributed by atoms with van der Waals surface area (Å²) < 4.78 is 6.04. The van der Waals surface area contributed by atoms with Gasteiger partial charge in [0, 0.05) is 68.7 Å². The van der Waals surface area contributed by atoms with E-state index in [0.717, 1.165) is 57.7 Å². The Morgan fingerprint density at radius 2 is 1.77 bits per heavy atom. The van der Waals surface area contributed by atoms with Crippen LogP contribution in [-0.2, 0) is 36.9 Å². The Balaban J connectivity index is 1.01. The molecule has 2 aromatic heterocycles. The zero-order valence-electron chi connectivity index (χ0n) is 39.1. The molecule has 6 rings (SSSR count). The second-order valence-corrected chi connectivity index (χ2v) is 19.0. The number of amides is 4. The van der Waals surface area contributed by atoms with Crippen LogP contribution in [0.15, 0.2) is 90.6 Å². The largest absolute Gasteiger partial charge is 0.391 e. The number of aliphatic hydroxyl groups is 1. The van der Waals surface area contributed by atoms with Gasteiger partial charge in [-0.2, -0.15) is 0 Å². The van der Waals surface area contributed by atoms with Gasteiger partial charge in [-0.1, -0.05) is 94.4 Å². The third-order valence-corrected chi connectivity index (χ3v) is 12.8. The number of aromatic amines is 1. The van der Waals surface area contributed by atoms with Crippen LogP contribution in [0.4, 0.5) is 0 Å². The number of likely N-dealkylation sites (tertiary alicyclic amines) is 1. The molecule has 66 heavy (non-hydrogen) atoms. The van der Waals surface area contributed by atoms with Gasteiger partial charge in [0.05, 0.1) is 41.4 Å². The van der Waals surface area contributed by atoms with Gasteiger partial charge in [0.25, 0.3) is 5.91 Å². The van der Waals surface area contributed by atoms with E-state index in [4.69, 9.17) is 4.74 Å². The molecule has 0 bridgehead atoms. The molecule has 0 saturated carbocycles. The van der Waals surface area contributed by atoms with E-state index >= 15 is 0 Å². The number of H-pyrrole nitrogens is 1. The van der Waals surface area contributed by atoms with Crippen LogP contribution in [0, 0.1) is 12.3 Å². The molecule has 15 heteroatoms. The average Bonchev–Trinajstić information content (AvgIpc) is 4.04. The van der Waals surface area contributed by atoms with Gasteiger partial charge in [-0.25, -0.2) is 10.4 Å². The van der Waals surface area contributed by atoms with E-state index in [1.807, 2.05) is 95.6 Å². The van der Waals surface area contributed by atoms with E-state index in [1.54, 1.807) is 17.4 Å². The SMILES string of the molecule is CCCNNC(=O)/C=C/c1ccc(CN(CCOCCC(=O)N[C@H](C(=O)N2C[C@H](O)C[C@H]2C(=O)N[C@@H](C)c2ccc(-c3scnc3C)cc2)C(C)(C)C)CCc2c[nH]c3ccccc23)cc1. The number of β-amino-alcohol motifs (C(OH)–C–C–N with tert-alkyl or cyclic N) is 1. The number of thiazole rings is 1. The number of hydrazine groups is 1. The Hall–Kier alpha value is -5.71. The van der Waals surface area contributed by atoms with Crippen molar-refractivity contribution in [3.05, 3.63) is 119 Å². The molecule has 352 valence electrons. The summed E-state index contributed by atoms with van der Waals surface area (Å²) in [5.74, 6) is -1.32. The third kappa shape index (κ3) is 13.9. The van der Waals surface area contributed by atoms with Crippen LogP contribution >= 0.6 is 11.3 Å². The fourth-order valence-corrected chi connectivity index (χ4v) is 8.89. The molecule has 1 saturated heterocycles. The summed E-state index contributed by atoms with van der Waals surface area (Å²) in [4.78, 5) is 66.0. The van der Waals surface area contributed by atoms with E-state index in [1.165, 1.54) is 21.9 Å². The number of hydrogen-bond donors (Lipinski definition) is 6. The van der Waals surface area contributed by atoms with Gasteiger partial charge in [-0.05, 0) is 72.1 Å². The summed E-state index contributed by atoms with van der Waals surface area (Å²) in [5, 5.41) is 17.9. The van der Waals surface area contributed by atoms with Crippen molar-refractivity contribution in [1.82, 2.24) is 41.3 Å². The first kappa shape index (κ1) is 49.7. The van der Waals surface area contributed by atoms with Gasteiger partial charge in [-0.15, -0.1) is 11.3 Å². The number of para-hydroxylation sites is 1. The molecule has 4 atom stereocenters. The van der Waals surface area contributed by atoms with Crippen LogP contribution in [0.5, 0.6) is 0 Å². The average molecular weight is 919 g/mol. The van der Waals surface area contributed by atoms with E-state index in [9.17, 15) is 24.3 Å². The highest BCUT2D eigenvalue weighted by atomic mass is 32.1. The zero-order chi connectivity index (χ0) is 47.2. The van der Waals surface area contributed by atoms with Crippen molar-refractivity contribution in [2.75, 3.05) is 39.4 Å². The number of ether oxygens (including phenoxy) is 1. The number of benzene rings is 3. The highest BCUT2D eigenvalue weighted by molar-refractivity contribution is 7.13. The lowest BCUT2D eigenvalue weighted by Gasteiger charge is -2.35. The van der Waals surface area contributed by atoms with Crippen molar-refractivity contribution in [2.45, 2.75) is 98.0 Å². The topological polar surface area (TPSA) is 181 Å². The molecule has 1 aliphatic rings. The molecular weight excluding hydrogens is 853 g/mol. The minimum atomic E-state index is -0.937. The highest BCUT2D eigenvalue weighted by Gasteiger charge is 2.44. The number of aromatic nitrogens is 2. The maximum absolute atomic E-state index is 14.2. The standard InChI is InChI=1S/C51H66N8O6S/c1-7-24-54-57-46(62)21-16-36-12-14-37(15-13-36)31-58(25-22-40-30-52-43-11-9-8-10-42(40)43)26-28-65-27-23-45(61)56-48(51(4,5)6)50(64)59-32-41(60)29-44(59)49(63)55-34(2)38-17-19-39(20-18-38)47-35(3)53-33-66-47/h8-21,30,33-34,41,44,48,52,54,60H,7,22-29,31-32H2,1-6H3,(H,55,63)(H,56,61)(H,57,62)/b21-16+/t34-,41+,44-,48+/m0/s1. The molecule has 0 unspecified atom stereocenters. The van der Waals surface area contributed by atoms with E-state index in [2.05, 4.69) is 66.8 Å². The van der Waals surface area contributed by atoms with E-state index < -0.39 is 29.5 Å². The lowest BCUT2D eigenvalue weighted by molar-refractivity contribution is -0.144. The third-order valence-electron chi connectivity index (χ3n) is 11.9. The van der Waals surface area contributed by atoms with Crippen LogP contribution in [0.3, 0.4) is 0 Å². The number of nitrogens with one attached hydrogen (secondary N) is 5. The van der Waals surface area contributed by atoms with Gasteiger partial charge >= 0.3 is 0 Å². The van der Waals surface area contributed by atoms with Crippen molar-refractivity contribution in [3.8, 4) is 10.4 Å². The lowest BCUT2D eigenvalue weighted by atomic mass is 9.85. The monoisotopic (exact) mass is 918 g/mol. The smallest absolute Gasteiger partial charge is 0.258 e. The maximum Gasteiger partial charge on any atom is 0.258 e. The normalized spacial score (nSPS) is 16.2. The summed E-state index contributed by atoms with van der Waals surface area (Å²) in [6.07, 6.45) is 6.38. The molecule has 1 fully saturated rings. The Labute approximate surface area is 392 Å². The van der Waals surface area contributed by atoms with Crippen LogP contribution < -0.4 is 21.5 Å². The molecule has 4 amide bonds. The summed E-state index contributed by atoms with van der Waals surface area (Å²) >= 11 is 1.58. The number of rotatable bonds is 22. The van der Waals surface area contributed by atoms with E-state index in [0.29, 0.717) is 26.2 Å². The first-order valence-corrected chi connectivity index (χ1v) is 23.8.